The number of nitrogens with one attached hydrogen (secondary N) is 1. The summed E-state index contributed by atoms with van der Waals surface area (Å²) in [7, 11) is 0. The molecule has 136 valence electrons. The lowest BCUT2D eigenvalue weighted by Crippen LogP contribution is -2.30. The molecule has 0 saturated heterocycles. The molecule has 1 aliphatic carbocycles. The molecule has 0 bridgehead atoms. The lowest BCUT2D eigenvalue weighted by atomic mass is 9.86. The Bertz CT molecular complexity index is 771. The first kappa shape index (κ1) is 19.0. The average Bonchev–Trinajstić information content (AvgIpc) is 3.03. The first-order valence-corrected chi connectivity index (χ1v) is 8.11. The number of amides is 1. The van der Waals surface area contributed by atoms with E-state index in [9.17, 15) is 14.7 Å². The maximum absolute atomic E-state index is 12.2. The number of halogens is 1. The van der Waals surface area contributed by atoms with Crippen LogP contribution in [0.4, 0.5) is 0 Å². The number of carbonyl (C=O) groups excluding carboxylic acids is 1. The number of fused-ring (bicyclic) bond motifs is 1. The van der Waals surface area contributed by atoms with Gasteiger partial charge in [-0.05, 0) is 12.3 Å². The molecule has 1 fully saturated rings. The van der Waals surface area contributed by atoms with Gasteiger partial charge in [-0.25, -0.2) is 9.50 Å². The number of nitrogens with zero attached hydrogens (tertiary/aromatic N) is 3. The van der Waals surface area contributed by atoms with Crippen molar-refractivity contribution in [1.29, 1.82) is 0 Å². The van der Waals surface area contributed by atoms with E-state index < -0.39 is 18.4 Å². The van der Waals surface area contributed by atoms with E-state index in [1.807, 2.05) is 0 Å². The molecule has 0 unspecified atom stereocenters. The second-order valence-electron chi connectivity index (χ2n) is 6.18. The standard InChI is InChI=1S/C16H20N4O4.ClH/c21-12-7-11(6-10-4-2-1-3-5-10)20-15(18-9-19-20)14(12)16(24)17-8-13(22)23;/h7,9-10,21H,1-6,8H2,(H,17,24)(H,22,23);1H. The molecule has 8 nitrogen and oxygen atoms in total. The van der Waals surface area contributed by atoms with Gasteiger partial charge in [0.05, 0.1) is 0 Å². The van der Waals surface area contributed by atoms with Crippen LogP contribution in [0.15, 0.2) is 12.4 Å². The van der Waals surface area contributed by atoms with E-state index in [-0.39, 0.29) is 29.4 Å². The quantitative estimate of drug-likeness (QED) is 0.740. The van der Waals surface area contributed by atoms with E-state index in [1.165, 1.54) is 31.7 Å². The third kappa shape index (κ3) is 4.19. The van der Waals surface area contributed by atoms with Gasteiger partial charge in [-0.15, -0.1) is 12.4 Å². The van der Waals surface area contributed by atoms with Crippen LogP contribution in [0, 0.1) is 5.92 Å². The van der Waals surface area contributed by atoms with Gasteiger partial charge in [-0.2, -0.15) is 5.10 Å². The van der Waals surface area contributed by atoms with Crippen LogP contribution in [-0.2, 0) is 11.2 Å². The minimum absolute atomic E-state index is 0. The van der Waals surface area contributed by atoms with Crippen LogP contribution in [0.3, 0.4) is 0 Å². The fraction of sp³-hybridized carbons (Fsp3) is 0.500. The summed E-state index contributed by atoms with van der Waals surface area (Å²) in [5.41, 5.74) is 0.992. The number of carboxylic acids is 1. The van der Waals surface area contributed by atoms with E-state index in [1.54, 1.807) is 4.52 Å². The monoisotopic (exact) mass is 368 g/mol. The number of hydrogen-bond donors (Lipinski definition) is 3. The van der Waals surface area contributed by atoms with Crippen molar-refractivity contribution in [2.24, 2.45) is 5.92 Å². The van der Waals surface area contributed by atoms with Crippen LogP contribution in [-0.4, -0.2) is 43.2 Å². The Morgan fingerprint density at radius 2 is 2.00 bits per heavy atom. The highest BCUT2D eigenvalue weighted by Crippen LogP contribution is 2.29. The molecule has 0 aliphatic heterocycles. The molecule has 1 aliphatic rings. The predicted octanol–water partition coefficient (Wildman–Crippen LogP) is 1.79. The number of pyridine rings is 1. The highest BCUT2D eigenvalue weighted by molar-refractivity contribution is 6.03. The summed E-state index contributed by atoms with van der Waals surface area (Å²) in [5.74, 6) is -1.51. The number of carbonyl (C=O) groups is 2. The largest absolute Gasteiger partial charge is 0.507 e. The van der Waals surface area contributed by atoms with Crippen LogP contribution in [0.1, 0.15) is 48.2 Å². The summed E-state index contributed by atoms with van der Waals surface area (Å²) in [6.45, 7) is -0.525. The van der Waals surface area contributed by atoms with Gasteiger partial charge in [0.1, 0.15) is 24.2 Å². The molecule has 1 saturated carbocycles. The predicted molar refractivity (Wildman–Crippen MR) is 92.1 cm³/mol. The molecule has 0 radical (unpaired) electrons. The third-order valence-corrected chi connectivity index (χ3v) is 4.45. The minimum Gasteiger partial charge on any atom is -0.507 e. The van der Waals surface area contributed by atoms with Crippen molar-refractivity contribution in [2.75, 3.05) is 6.54 Å². The number of aromatic nitrogens is 3. The topological polar surface area (TPSA) is 117 Å². The second-order valence-corrected chi connectivity index (χ2v) is 6.18. The maximum atomic E-state index is 12.2. The minimum atomic E-state index is -1.16. The molecule has 2 aromatic heterocycles. The molecule has 1 amide bonds. The molecule has 3 N–H and O–H groups in total. The Balaban J connectivity index is 0.00000225. The van der Waals surface area contributed by atoms with Crippen LogP contribution >= 0.6 is 12.4 Å². The van der Waals surface area contributed by atoms with Gasteiger partial charge in [-0.1, -0.05) is 32.1 Å². The lowest BCUT2D eigenvalue weighted by Gasteiger charge is -2.22. The maximum Gasteiger partial charge on any atom is 0.322 e. The summed E-state index contributed by atoms with van der Waals surface area (Å²) in [6.07, 6.45) is 8.09. The van der Waals surface area contributed by atoms with Crippen LogP contribution in [0.5, 0.6) is 5.75 Å². The van der Waals surface area contributed by atoms with Gasteiger partial charge in [0.15, 0.2) is 5.65 Å². The Kier molecular flexibility index (Phi) is 6.19. The molecular formula is C16H21ClN4O4. The smallest absolute Gasteiger partial charge is 0.322 e. The van der Waals surface area contributed by atoms with E-state index in [0.717, 1.165) is 25.0 Å². The lowest BCUT2D eigenvalue weighted by molar-refractivity contribution is -0.135. The van der Waals surface area contributed by atoms with E-state index in [2.05, 4.69) is 15.4 Å². The number of carboxylic acid groups (broad SMARTS) is 1. The highest BCUT2D eigenvalue weighted by Gasteiger charge is 2.22. The normalized spacial score (nSPS) is 14.9. The number of rotatable bonds is 5. The van der Waals surface area contributed by atoms with E-state index in [0.29, 0.717) is 5.92 Å². The fourth-order valence-electron chi connectivity index (χ4n) is 3.32. The molecule has 2 heterocycles. The third-order valence-electron chi connectivity index (χ3n) is 4.45. The van der Waals surface area contributed by atoms with Crippen LogP contribution < -0.4 is 5.32 Å². The molecule has 2 aromatic rings. The van der Waals surface area contributed by atoms with Crippen LogP contribution in [0.25, 0.3) is 5.65 Å². The first-order valence-electron chi connectivity index (χ1n) is 8.11. The zero-order chi connectivity index (χ0) is 17.1. The summed E-state index contributed by atoms with van der Waals surface area (Å²) in [6, 6.07) is 1.53. The van der Waals surface area contributed by atoms with E-state index in [4.69, 9.17) is 5.11 Å². The van der Waals surface area contributed by atoms with Crippen LogP contribution in [0.2, 0.25) is 0 Å². The summed E-state index contributed by atoms with van der Waals surface area (Å²) < 4.78 is 1.56. The SMILES string of the molecule is Cl.O=C(O)CNC(=O)c1c(O)cc(CC2CCCCC2)n2ncnc12. The fourth-order valence-corrected chi connectivity index (χ4v) is 3.32. The Morgan fingerprint density at radius 3 is 2.68 bits per heavy atom. The van der Waals surface area contributed by atoms with Gasteiger partial charge in [0.2, 0.25) is 0 Å². The number of aromatic hydroxyl groups is 1. The number of aliphatic carboxylic acids is 1. The van der Waals surface area contributed by atoms with Crippen molar-refractivity contribution in [1.82, 2.24) is 19.9 Å². The van der Waals surface area contributed by atoms with E-state index >= 15 is 0 Å². The summed E-state index contributed by atoms with van der Waals surface area (Å²) in [5, 5.41) is 25.4. The molecule has 0 aromatic carbocycles. The van der Waals surface area contributed by atoms with Crippen molar-refractivity contribution >= 4 is 29.9 Å². The van der Waals surface area contributed by atoms with Gasteiger partial charge in [0.25, 0.3) is 5.91 Å². The molecule has 0 atom stereocenters. The zero-order valence-electron chi connectivity index (χ0n) is 13.6. The van der Waals surface area contributed by atoms with Crippen molar-refractivity contribution in [3.63, 3.8) is 0 Å². The molecule has 9 heteroatoms. The first-order chi connectivity index (χ1) is 11.6. The Hall–Kier alpha value is -2.35. The Labute approximate surface area is 150 Å². The Morgan fingerprint density at radius 1 is 1.28 bits per heavy atom. The summed E-state index contributed by atoms with van der Waals surface area (Å²) >= 11 is 0. The van der Waals surface area contributed by atoms with Gasteiger partial charge in [-0.3, -0.25) is 9.59 Å². The molecule has 25 heavy (non-hydrogen) atoms. The van der Waals surface area contributed by atoms with Crippen molar-refractivity contribution in [3.8, 4) is 5.75 Å². The zero-order valence-corrected chi connectivity index (χ0v) is 14.5. The average molecular weight is 369 g/mol. The van der Waals surface area contributed by atoms with Crippen molar-refractivity contribution < 1.29 is 19.8 Å². The van der Waals surface area contributed by atoms with Crippen molar-refractivity contribution in [2.45, 2.75) is 38.5 Å². The second kappa shape index (κ2) is 8.15. The highest BCUT2D eigenvalue weighted by atomic mass is 35.5. The van der Waals surface area contributed by atoms with Crippen molar-refractivity contribution in [3.05, 3.63) is 23.7 Å². The summed E-state index contributed by atoms with van der Waals surface area (Å²) in [4.78, 5) is 26.8. The van der Waals surface area contributed by atoms with Gasteiger partial charge >= 0.3 is 5.97 Å². The number of hydrogen-bond acceptors (Lipinski definition) is 5. The van der Waals surface area contributed by atoms with Gasteiger partial charge < -0.3 is 15.5 Å². The molecule has 3 rings (SSSR count). The van der Waals surface area contributed by atoms with Gasteiger partial charge in [0, 0.05) is 11.8 Å². The molecular weight excluding hydrogens is 348 g/mol. The molecule has 0 spiro atoms.